The van der Waals surface area contributed by atoms with Crippen molar-refractivity contribution in [2.45, 2.75) is 73.0 Å². The van der Waals surface area contributed by atoms with Crippen molar-refractivity contribution in [1.29, 1.82) is 0 Å². The average molecular weight is 687 g/mol. The number of nitrogens with zero attached hydrogens (tertiary/aromatic N) is 3. The van der Waals surface area contributed by atoms with E-state index < -0.39 is 42.5 Å². The highest BCUT2D eigenvalue weighted by atomic mass is 31.2. The van der Waals surface area contributed by atoms with E-state index in [-0.39, 0.29) is 54.4 Å². The molecule has 1 aromatic carbocycles. The summed E-state index contributed by atoms with van der Waals surface area (Å²) in [6.45, 7) is 10.9. The number of esters is 2. The Labute approximate surface area is 280 Å². The molecule has 0 unspecified atom stereocenters. The van der Waals surface area contributed by atoms with Crippen LogP contribution in [0.25, 0.3) is 17.4 Å². The second kappa shape index (κ2) is 15.5. The van der Waals surface area contributed by atoms with Gasteiger partial charge in [0, 0.05) is 6.20 Å². The smallest absolute Gasteiger partial charge is 0.380 e. The summed E-state index contributed by atoms with van der Waals surface area (Å²) in [5.41, 5.74) is 11.5. The van der Waals surface area contributed by atoms with Crippen LogP contribution in [0, 0.1) is 23.2 Å². The summed E-state index contributed by atoms with van der Waals surface area (Å²) >= 11 is 0. The van der Waals surface area contributed by atoms with Gasteiger partial charge in [0.15, 0.2) is 11.2 Å². The molecule has 0 amide bonds. The number of carbonyl (C=O) groups excluding carboxylic acids is 2. The molecule has 262 valence electrons. The van der Waals surface area contributed by atoms with E-state index in [1.165, 1.54) is 6.33 Å². The molecule has 0 saturated heterocycles. The number of hydrogen-bond acceptors (Lipinski definition) is 12. The lowest BCUT2D eigenvalue weighted by Crippen LogP contribution is -2.38. The van der Waals surface area contributed by atoms with Gasteiger partial charge < -0.3 is 25.5 Å². The third kappa shape index (κ3) is 9.12. The van der Waals surface area contributed by atoms with E-state index in [4.69, 9.17) is 30.0 Å². The van der Waals surface area contributed by atoms with Crippen LogP contribution in [0.4, 0.5) is 5.95 Å². The standard InChI is InChI=1S/C33H47N6O8P/c1-7-11-22(6)46-30(41)25(20(2)3)16-48(43,47-24-12-9-8-10-13-24)45-18-33(17-44-31(42)26(34)21(4)5)14-23(33)15-39-19-36-27-28(39)37-32(35)38-29(27)40/h8-10,12-13,15,19-22,25-26H,7,11,14,16-18,34H2,1-6H3,(H3,35,37,38,40)/b23-15-/t22-,25-,26-,33-,48-/m0/s1. The summed E-state index contributed by atoms with van der Waals surface area (Å²) in [5, 5.41) is 0. The number of aromatic nitrogens is 4. The molecule has 1 fully saturated rings. The fourth-order valence-electron chi connectivity index (χ4n) is 5.14. The number of ether oxygens (including phenoxy) is 2. The predicted octanol–water partition coefficient (Wildman–Crippen LogP) is 4.75. The van der Waals surface area contributed by atoms with Gasteiger partial charge in [0.2, 0.25) is 5.95 Å². The van der Waals surface area contributed by atoms with Crippen molar-refractivity contribution in [2.24, 2.45) is 28.9 Å². The Kier molecular flexibility index (Phi) is 11.9. The third-order valence-electron chi connectivity index (χ3n) is 8.38. The van der Waals surface area contributed by atoms with Crippen LogP contribution in [0.5, 0.6) is 5.75 Å². The maximum atomic E-state index is 14.6. The number of nitrogens with one attached hydrogen (secondary N) is 1. The van der Waals surface area contributed by atoms with Crippen molar-refractivity contribution < 1.29 is 32.7 Å². The number of aromatic amines is 1. The molecule has 0 bridgehead atoms. The first-order valence-electron chi connectivity index (χ1n) is 16.2. The maximum absolute atomic E-state index is 14.6. The number of fused-ring (bicyclic) bond motifs is 1. The second-order valence-electron chi connectivity index (χ2n) is 13.1. The number of benzene rings is 1. The third-order valence-corrected chi connectivity index (χ3v) is 10.2. The molecule has 1 aliphatic carbocycles. The van der Waals surface area contributed by atoms with E-state index in [0.717, 1.165) is 12.0 Å². The average Bonchev–Trinajstić information content (AvgIpc) is 3.56. The van der Waals surface area contributed by atoms with E-state index in [2.05, 4.69) is 15.0 Å². The Bertz CT molecular complexity index is 1720. The molecule has 0 aliphatic heterocycles. The summed E-state index contributed by atoms with van der Waals surface area (Å²) in [7, 11) is -4.04. The normalized spacial score (nSPS) is 20.0. The largest absolute Gasteiger partial charge is 0.463 e. The first-order valence-corrected chi connectivity index (χ1v) is 17.9. The maximum Gasteiger partial charge on any atom is 0.380 e. The van der Waals surface area contributed by atoms with Crippen LogP contribution < -0.4 is 21.6 Å². The summed E-state index contributed by atoms with van der Waals surface area (Å²) in [6, 6.07) is 7.74. The molecule has 5 atom stereocenters. The van der Waals surface area contributed by atoms with Gasteiger partial charge in [-0.15, -0.1) is 0 Å². The zero-order valence-electron chi connectivity index (χ0n) is 28.4. The Hall–Kier alpha value is -4.00. The van der Waals surface area contributed by atoms with E-state index in [9.17, 15) is 18.9 Å². The minimum absolute atomic E-state index is 0.0732. The number of rotatable bonds is 17. The van der Waals surface area contributed by atoms with Gasteiger partial charge in [0.1, 0.15) is 24.7 Å². The van der Waals surface area contributed by atoms with Gasteiger partial charge in [-0.2, -0.15) is 4.98 Å². The molecule has 0 radical (unpaired) electrons. The molecule has 5 N–H and O–H groups in total. The van der Waals surface area contributed by atoms with Crippen molar-refractivity contribution in [3.8, 4) is 5.75 Å². The lowest BCUT2D eigenvalue weighted by atomic mass is 9.98. The monoisotopic (exact) mass is 686 g/mol. The highest BCUT2D eigenvalue weighted by Gasteiger charge is 2.53. The van der Waals surface area contributed by atoms with Crippen molar-refractivity contribution >= 4 is 42.8 Å². The van der Waals surface area contributed by atoms with Crippen molar-refractivity contribution in [3.05, 3.63) is 52.6 Å². The van der Waals surface area contributed by atoms with E-state index in [1.807, 2.05) is 41.5 Å². The number of hydrogen-bond donors (Lipinski definition) is 3. The summed E-state index contributed by atoms with van der Waals surface area (Å²) in [5.74, 6) is -1.99. The second-order valence-corrected chi connectivity index (χ2v) is 15.1. The number of imidazole rings is 1. The topological polar surface area (TPSA) is 204 Å². The first kappa shape index (κ1) is 36.8. The highest BCUT2D eigenvalue weighted by molar-refractivity contribution is 7.54. The zero-order valence-corrected chi connectivity index (χ0v) is 29.3. The molecule has 15 heteroatoms. The Morgan fingerprint density at radius 3 is 2.46 bits per heavy atom. The summed E-state index contributed by atoms with van der Waals surface area (Å²) in [4.78, 5) is 49.2. The van der Waals surface area contributed by atoms with E-state index in [1.54, 1.807) is 41.1 Å². The van der Waals surface area contributed by atoms with Crippen LogP contribution in [-0.2, 0) is 28.2 Å². The van der Waals surface area contributed by atoms with Gasteiger partial charge in [-0.1, -0.05) is 59.2 Å². The molecule has 1 saturated carbocycles. The molecule has 0 spiro atoms. The molecule has 4 rings (SSSR count). The van der Waals surface area contributed by atoms with E-state index >= 15 is 0 Å². The van der Waals surface area contributed by atoms with Crippen molar-refractivity contribution in [2.75, 3.05) is 25.1 Å². The number of nitrogen functional groups attached to an aromatic ring is 1. The summed E-state index contributed by atoms with van der Waals surface area (Å²) < 4.78 is 39.8. The minimum atomic E-state index is -4.04. The fourth-order valence-corrected chi connectivity index (χ4v) is 7.32. The van der Waals surface area contributed by atoms with Crippen LogP contribution in [0.3, 0.4) is 0 Å². The zero-order chi connectivity index (χ0) is 35.2. The fraction of sp³-hybridized carbons (Fsp3) is 0.545. The van der Waals surface area contributed by atoms with Gasteiger partial charge >= 0.3 is 19.5 Å². The quantitative estimate of drug-likeness (QED) is 0.130. The number of para-hydroxylation sites is 1. The van der Waals surface area contributed by atoms with Crippen LogP contribution in [-0.4, -0.2) is 63.0 Å². The highest BCUT2D eigenvalue weighted by Crippen LogP contribution is 2.58. The lowest BCUT2D eigenvalue weighted by Gasteiger charge is -2.28. The van der Waals surface area contributed by atoms with Gasteiger partial charge in [-0.25, -0.2) is 9.55 Å². The van der Waals surface area contributed by atoms with Crippen LogP contribution in [0.1, 0.15) is 60.8 Å². The van der Waals surface area contributed by atoms with Gasteiger partial charge in [0.25, 0.3) is 5.56 Å². The predicted molar refractivity (Wildman–Crippen MR) is 182 cm³/mol. The molecule has 3 aromatic rings. The van der Waals surface area contributed by atoms with Gasteiger partial charge in [-0.3, -0.25) is 28.5 Å². The van der Waals surface area contributed by atoms with Gasteiger partial charge in [0.05, 0.1) is 30.2 Å². The number of H-pyrrole nitrogens is 1. The Balaban J connectivity index is 1.65. The van der Waals surface area contributed by atoms with Crippen LogP contribution in [0.2, 0.25) is 0 Å². The van der Waals surface area contributed by atoms with Crippen LogP contribution in [0.15, 0.2) is 47.0 Å². The molecular formula is C33H47N6O8P. The van der Waals surface area contributed by atoms with E-state index in [0.29, 0.717) is 18.6 Å². The molecule has 2 aromatic heterocycles. The molecule has 48 heavy (non-hydrogen) atoms. The lowest BCUT2D eigenvalue weighted by molar-refractivity contribution is -0.154. The summed E-state index contributed by atoms with van der Waals surface area (Å²) in [6.07, 6.45) is 4.52. The Morgan fingerprint density at radius 1 is 1.10 bits per heavy atom. The minimum Gasteiger partial charge on any atom is -0.463 e. The molecule has 1 aliphatic rings. The Morgan fingerprint density at radius 2 is 1.81 bits per heavy atom. The molecular weight excluding hydrogens is 639 g/mol. The number of nitrogens with two attached hydrogens (primary N) is 2. The van der Waals surface area contributed by atoms with Crippen molar-refractivity contribution in [3.63, 3.8) is 0 Å². The van der Waals surface area contributed by atoms with Crippen LogP contribution >= 0.6 is 7.60 Å². The SMILES string of the molecule is CCC[C@H](C)OC(=O)[C@@H](C[P@](=O)(OC[C@@]1(COC(=O)[C@@H](N)C(C)C)C/C1=C/n1cnc2c(=O)[nH]c(N)nc21)Oc1ccccc1)C(C)C. The molecule has 14 nitrogen and oxygen atoms in total. The molecule has 2 heterocycles. The first-order chi connectivity index (χ1) is 22.7. The van der Waals surface area contributed by atoms with Crippen molar-refractivity contribution in [1.82, 2.24) is 19.5 Å². The number of anilines is 1. The van der Waals surface area contributed by atoms with Gasteiger partial charge in [-0.05, 0) is 49.3 Å². The number of carbonyl (C=O) groups is 2.